The van der Waals surface area contributed by atoms with Crippen LogP contribution >= 0.6 is 22.9 Å². The van der Waals surface area contributed by atoms with Crippen LogP contribution in [0.15, 0.2) is 47.8 Å². The molecule has 1 fully saturated rings. The highest BCUT2D eigenvalue weighted by molar-refractivity contribution is 7.13. The molecule has 0 spiro atoms. The molecule has 0 aliphatic carbocycles. The van der Waals surface area contributed by atoms with Crippen molar-refractivity contribution < 1.29 is 0 Å². The van der Waals surface area contributed by atoms with Gasteiger partial charge < -0.3 is 4.90 Å². The summed E-state index contributed by atoms with van der Waals surface area (Å²) < 4.78 is 2.19. The van der Waals surface area contributed by atoms with Crippen LogP contribution in [0, 0.1) is 0 Å². The lowest BCUT2D eigenvalue weighted by Crippen LogP contribution is -2.46. The molecule has 0 N–H and O–H groups in total. The average Bonchev–Trinajstić information content (AvgIpc) is 3.39. The SMILES string of the molecule is CC(C)(C)n1nc(CCCN2CCN(c3ccc(Cl)cc3)CC2)cc1-c1cccs1. The average molecular weight is 443 g/mol. The summed E-state index contributed by atoms with van der Waals surface area (Å²) in [5.74, 6) is 0. The predicted octanol–water partition coefficient (Wildman–Crippen LogP) is 5.77. The van der Waals surface area contributed by atoms with E-state index in [1.807, 2.05) is 12.1 Å². The third kappa shape index (κ3) is 5.08. The number of anilines is 1. The molecule has 0 bridgehead atoms. The van der Waals surface area contributed by atoms with Gasteiger partial charge in [-0.1, -0.05) is 17.7 Å². The first-order valence-electron chi connectivity index (χ1n) is 10.8. The first-order chi connectivity index (χ1) is 14.4. The van der Waals surface area contributed by atoms with E-state index in [4.69, 9.17) is 16.7 Å². The molecule has 0 amide bonds. The molecular formula is C24H31ClN4S. The number of aryl methyl sites for hydroxylation is 1. The van der Waals surface area contributed by atoms with Crippen molar-refractivity contribution in [2.45, 2.75) is 39.2 Å². The molecule has 1 aliphatic rings. The second-order valence-electron chi connectivity index (χ2n) is 8.99. The van der Waals surface area contributed by atoms with Crippen LogP contribution in [0.5, 0.6) is 0 Å². The maximum atomic E-state index is 6.01. The lowest BCUT2D eigenvalue weighted by atomic mass is 10.1. The Kier molecular flexibility index (Phi) is 6.51. The van der Waals surface area contributed by atoms with Gasteiger partial charge in [0.25, 0.3) is 0 Å². The fraction of sp³-hybridized carbons (Fsp3) is 0.458. The number of halogens is 1. The molecule has 6 heteroatoms. The molecule has 1 aromatic carbocycles. The number of hydrogen-bond donors (Lipinski definition) is 0. The maximum Gasteiger partial charge on any atom is 0.0791 e. The van der Waals surface area contributed by atoms with E-state index in [2.05, 4.69) is 71.0 Å². The number of rotatable bonds is 6. The molecule has 0 saturated carbocycles. The summed E-state index contributed by atoms with van der Waals surface area (Å²) in [4.78, 5) is 6.32. The molecular weight excluding hydrogens is 412 g/mol. The van der Waals surface area contributed by atoms with E-state index >= 15 is 0 Å². The van der Waals surface area contributed by atoms with Gasteiger partial charge in [-0.3, -0.25) is 9.58 Å². The normalized spacial score (nSPS) is 15.7. The third-order valence-electron chi connectivity index (χ3n) is 5.64. The zero-order valence-electron chi connectivity index (χ0n) is 18.1. The molecule has 3 aromatic rings. The van der Waals surface area contributed by atoms with Crippen molar-refractivity contribution in [2.24, 2.45) is 0 Å². The quantitative estimate of drug-likeness (QED) is 0.484. The molecule has 0 unspecified atom stereocenters. The Morgan fingerprint density at radius 3 is 2.40 bits per heavy atom. The summed E-state index contributed by atoms with van der Waals surface area (Å²) in [5, 5.41) is 7.90. The summed E-state index contributed by atoms with van der Waals surface area (Å²) in [6.45, 7) is 12.2. The highest BCUT2D eigenvalue weighted by Crippen LogP contribution is 2.30. The molecule has 160 valence electrons. The van der Waals surface area contributed by atoms with Gasteiger partial charge >= 0.3 is 0 Å². The van der Waals surface area contributed by atoms with Crippen LogP contribution in [-0.2, 0) is 12.0 Å². The molecule has 1 aliphatic heterocycles. The van der Waals surface area contributed by atoms with Gasteiger partial charge in [0, 0.05) is 36.9 Å². The minimum Gasteiger partial charge on any atom is -0.369 e. The van der Waals surface area contributed by atoms with E-state index in [-0.39, 0.29) is 5.54 Å². The maximum absolute atomic E-state index is 6.01. The van der Waals surface area contributed by atoms with Gasteiger partial charge in [0.2, 0.25) is 0 Å². The van der Waals surface area contributed by atoms with Gasteiger partial charge in [-0.25, -0.2) is 0 Å². The van der Waals surface area contributed by atoms with Crippen LogP contribution in [0.25, 0.3) is 10.6 Å². The van der Waals surface area contributed by atoms with Gasteiger partial charge in [0.15, 0.2) is 0 Å². The van der Waals surface area contributed by atoms with Crippen LogP contribution in [0.2, 0.25) is 5.02 Å². The number of aromatic nitrogens is 2. The van der Waals surface area contributed by atoms with Crippen molar-refractivity contribution in [3.05, 3.63) is 58.6 Å². The lowest BCUT2D eigenvalue weighted by molar-refractivity contribution is 0.254. The summed E-state index contributed by atoms with van der Waals surface area (Å²) in [6, 6.07) is 14.8. The fourth-order valence-corrected chi connectivity index (χ4v) is 4.88. The van der Waals surface area contributed by atoms with Crippen LogP contribution in [-0.4, -0.2) is 47.4 Å². The van der Waals surface area contributed by atoms with Crippen molar-refractivity contribution in [1.29, 1.82) is 0 Å². The topological polar surface area (TPSA) is 24.3 Å². The van der Waals surface area contributed by atoms with Crippen molar-refractivity contribution in [1.82, 2.24) is 14.7 Å². The molecule has 0 radical (unpaired) electrons. The van der Waals surface area contributed by atoms with E-state index in [0.717, 1.165) is 50.6 Å². The standard InChI is InChI=1S/C24H31ClN4S/c1-24(2,3)29-22(23-7-5-17-30-23)18-20(26-29)6-4-12-27-13-15-28(16-14-27)21-10-8-19(25)9-11-21/h5,7-11,17-18H,4,6,12-16H2,1-3H3. The zero-order chi connectivity index (χ0) is 21.1. The predicted molar refractivity (Wildman–Crippen MR) is 129 cm³/mol. The van der Waals surface area contributed by atoms with Gasteiger partial charge in [-0.15, -0.1) is 11.3 Å². The Labute approximate surface area is 189 Å². The highest BCUT2D eigenvalue weighted by Gasteiger charge is 2.21. The van der Waals surface area contributed by atoms with E-state index in [1.54, 1.807) is 11.3 Å². The zero-order valence-corrected chi connectivity index (χ0v) is 19.7. The van der Waals surface area contributed by atoms with Crippen molar-refractivity contribution >= 4 is 28.6 Å². The van der Waals surface area contributed by atoms with E-state index in [0.29, 0.717) is 0 Å². The van der Waals surface area contributed by atoms with Crippen LogP contribution in [0.3, 0.4) is 0 Å². The first kappa shape index (κ1) is 21.4. The summed E-state index contributed by atoms with van der Waals surface area (Å²) >= 11 is 7.80. The Balaban J connectivity index is 1.30. The Bertz CT molecular complexity index is 933. The number of benzene rings is 1. The fourth-order valence-electron chi connectivity index (χ4n) is 4.03. The van der Waals surface area contributed by atoms with Gasteiger partial charge in [-0.05, 0) is 81.9 Å². The number of nitrogens with zero attached hydrogens (tertiary/aromatic N) is 4. The highest BCUT2D eigenvalue weighted by atomic mass is 35.5. The minimum absolute atomic E-state index is 0.0183. The van der Waals surface area contributed by atoms with E-state index in [1.165, 1.54) is 22.0 Å². The Hall–Kier alpha value is -1.82. The number of thiophene rings is 1. The first-order valence-corrected chi connectivity index (χ1v) is 12.0. The van der Waals surface area contributed by atoms with Crippen LogP contribution < -0.4 is 4.90 Å². The molecule has 0 atom stereocenters. The summed E-state index contributed by atoms with van der Waals surface area (Å²) in [6.07, 6.45) is 2.17. The smallest absolute Gasteiger partial charge is 0.0791 e. The number of hydrogen-bond acceptors (Lipinski definition) is 4. The minimum atomic E-state index is -0.0183. The molecule has 4 nitrogen and oxygen atoms in total. The molecule has 30 heavy (non-hydrogen) atoms. The second-order valence-corrected chi connectivity index (χ2v) is 10.4. The molecule has 2 aromatic heterocycles. The summed E-state index contributed by atoms with van der Waals surface area (Å²) in [5.41, 5.74) is 3.69. The third-order valence-corrected chi connectivity index (χ3v) is 6.78. The Morgan fingerprint density at radius 2 is 1.77 bits per heavy atom. The van der Waals surface area contributed by atoms with E-state index in [9.17, 15) is 0 Å². The van der Waals surface area contributed by atoms with Crippen molar-refractivity contribution in [3.8, 4) is 10.6 Å². The van der Waals surface area contributed by atoms with Crippen molar-refractivity contribution in [2.75, 3.05) is 37.6 Å². The lowest BCUT2D eigenvalue weighted by Gasteiger charge is -2.36. The van der Waals surface area contributed by atoms with Crippen molar-refractivity contribution in [3.63, 3.8) is 0 Å². The van der Waals surface area contributed by atoms with Crippen LogP contribution in [0.4, 0.5) is 5.69 Å². The second kappa shape index (κ2) is 9.13. The monoisotopic (exact) mass is 442 g/mol. The van der Waals surface area contributed by atoms with Crippen LogP contribution in [0.1, 0.15) is 32.9 Å². The number of piperazine rings is 1. The largest absolute Gasteiger partial charge is 0.369 e. The summed E-state index contributed by atoms with van der Waals surface area (Å²) in [7, 11) is 0. The van der Waals surface area contributed by atoms with Gasteiger partial charge in [0.1, 0.15) is 0 Å². The van der Waals surface area contributed by atoms with Gasteiger partial charge in [-0.2, -0.15) is 5.10 Å². The Morgan fingerprint density at radius 1 is 1.03 bits per heavy atom. The van der Waals surface area contributed by atoms with E-state index < -0.39 is 0 Å². The molecule has 1 saturated heterocycles. The van der Waals surface area contributed by atoms with Gasteiger partial charge in [0.05, 0.1) is 21.8 Å². The molecule has 4 rings (SSSR count). The molecule has 3 heterocycles.